The maximum Gasteiger partial charge on any atom is 0.125 e. The zero-order valence-corrected chi connectivity index (χ0v) is 11.5. The van der Waals surface area contributed by atoms with E-state index in [9.17, 15) is 4.39 Å². The van der Waals surface area contributed by atoms with Crippen LogP contribution in [0, 0.1) is 12.7 Å². The quantitative estimate of drug-likeness (QED) is 0.868. The van der Waals surface area contributed by atoms with Gasteiger partial charge in [0.15, 0.2) is 0 Å². The van der Waals surface area contributed by atoms with Crippen LogP contribution in [0.3, 0.4) is 0 Å². The van der Waals surface area contributed by atoms with Gasteiger partial charge in [0, 0.05) is 15.7 Å². The third-order valence-electron chi connectivity index (χ3n) is 2.64. The average molecular weight is 310 g/mol. The number of nitrogens with two attached hydrogens (primary N) is 1. The molecule has 2 N–H and O–H groups in total. The molecule has 0 radical (unpaired) electrons. The Labute approximate surface area is 114 Å². The summed E-state index contributed by atoms with van der Waals surface area (Å²) in [5.41, 5.74) is 7.94. The van der Waals surface area contributed by atoms with Gasteiger partial charge in [-0.05, 0) is 36.8 Å². The summed E-state index contributed by atoms with van der Waals surface area (Å²) >= 11 is 3.39. The van der Waals surface area contributed by atoms with E-state index in [0.717, 1.165) is 21.3 Å². The van der Waals surface area contributed by atoms with Crippen LogP contribution in [0.2, 0.25) is 0 Å². The minimum atomic E-state index is -0.338. The highest BCUT2D eigenvalue weighted by molar-refractivity contribution is 9.10. The lowest BCUT2D eigenvalue weighted by atomic mass is 10.2. The SMILES string of the molecule is Cc1ccc(Br)cc1OCc1ccc(F)cc1N. The molecule has 4 heteroatoms. The lowest BCUT2D eigenvalue weighted by Crippen LogP contribution is -2.01. The van der Waals surface area contributed by atoms with Crippen LogP contribution >= 0.6 is 15.9 Å². The lowest BCUT2D eigenvalue weighted by molar-refractivity contribution is 0.304. The van der Waals surface area contributed by atoms with Crippen molar-refractivity contribution in [1.82, 2.24) is 0 Å². The molecular weight excluding hydrogens is 297 g/mol. The summed E-state index contributed by atoms with van der Waals surface area (Å²) in [4.78, 5) is 0. The van der Waals surface area contributed by atoms with Crippen molar-refractivity contribution in [1.29, 1.82) is 0 Å². The molecule has 2 aromatic carbocycles. The molecule has 0 saturated carbocycles. The molecular formula is C14H13BrFNO. The molecule has 0 aliphatic rings. The highest BCUT2D eigenvalue weighted by Crippen LogP contribution is 2.24. The fourth-order valence-electron chi connectivity index (χ4n) is 1.58. The fourth-order valence-corrected chi connectivity index (χ4v) is 1.92. The molecule has 0 fully saturated rings. The van der Waals surface area contributed by atoms with Crippen LogP contribution in [0.25, 0.3) is 0 Å². The van der Waals surface area contributed by atoms with Crippen molar-refractivity contribution >= 4 is 21.6 Å². The van der Waals surface area contributed by atoms with E-state index in [1.165, 1.54) is 12.1 Å². The number of rotatable bonds is 3. The maximum absolute atomic E-state index is 12.9. The molecule has 2 nitrogen and oxygen atoms in total. The van der Waals surface area contributed by atoms with Crippen molar-refractivity contribution in [2.24, 2.45) is 0 Å². The molecule has 0 spiro atoms. The fraction of sp³-hybridized carbons (Fsp3) is 0.143. The second kappa shape index (κ2) is 5.40. The molecule has 0 aliphatic carbocycles. The number of ether oxygens (including phenoxy) is 1. The summed E-state index contributed by atoms with van der Waals surface area (Å²) in [7, 11) is 0. The number of anilines is 1. The molecule has 0 bridgehead atoms. The Balaban J connectivity index is 2.13. The number of halogens is 2. The van der Waals surface area contributed by atoms with Gasteiger partial charge in [0.2, 0.25) is 0 Å². The number of hydrogen-bond acceptors (Lipinski definition) is 2. The third-order valence-corrected chi connectivity index (χ3v) is 3.13. The Morgan fingerprint density at radius 1 is 1.22 bits per heavy atom. The number of hydrogen-bond donors (Lipinski definition) is 1. The van der Waals surface area contributed by atoms with Crippen molar-refractivity contribution < 1.29 is 9.13 Å². The largest absolute Gasteiger partial charge is 0.489 e. The Kier molecular flexibility index (Phi) is 3.87. The Morgan fingerprint density at radius 2 is 2.00 bits per heavy atom. The standard InChI is InChI=1S/C14H13BrFNO/c1-9-2-4-11(15)6-14(9)18-8-10-3-5-12(16)7-13(10)17/h2-7H,8,17H2,1H3. The monoisotopic (exact) mass is 309 g/mol. The predicted octanol–water partition coefficient (Wildman–Crippen LogP) is 4.06. The minimum absolute atomic E-state index is 0.323. The van der Waals surface area contributed by atoms with Crippen molar-refractivity contribution in [3.8, 4) is 5.75 Å². The van der Waals surface area contributed by atoms with E-state index in [1.54, 1.807) is 6.07 Å². The summed E-state index contributed by atoms with van der Waals surface area (Å²) in [6, 6.07) is 10.1. The molecule has 0 amide bonds. The smallest absolute Gasteiger partial charge is 0.125 e. The van der Waals surface area contributed by atoms with E-state index in [0.29, 0.717) is 12.3 Å². The van der Waals surface area contributed by atoms with Crippen LogP contribution in [-0.2, 0) is 6.61 Å². The van der Waals surface area contributed by atoms with Gasteiger partial charge >= 0.3 is 0 Å². The summed E-state index contributed by atoms with van der Waals surface area (Å²) in [6.07, 6.45) is 0. The molecule has 0 unspecified atom stereocenters. The number of nitrogen functional groups attached to an aromatic ring is 1. The van der Waals surface area contributed by atoms with E-state index >= 15 is 0 Å². The molecule has 2 aromatic rings. The molecule has 94 valence electrons. The first-order chi connectivity index (χ1) is 8.56. The van der Waals surface area contributed by atoms with E-state index in [1.807, 2.05) is 25.1 Å². The highest BCUT2D eigenvalue weighted by Gasteiger charge is 2.04. The van der Waals surface area contributed by atoms with Gasteiger partial charge in [0.25, 0.3) is 0 Å². The second-order valence-electron chi connectivity index (χ2n) is 4.04. The summed E-state index contributed by atoms with van der Waals surface area (Å²) < 4.78 is 19.5. The van der Waals surface area contributed by atoms with Crippen molar-refractivity contribution in [3.05, 3.63) is 57.8 Å². The first kappa shape index (κ1) is 12.9. The molecule has 2 rings (SSSR count). The van der Waals surface area contributed by atoms with E-state index in [-0.39, 0.29) is 5.82 Å². The molecule has 0 saturated heterocycles. The third kappa shape index (κ3) is 3.01. The van der Waals surface area contributed by atoms with Crippen molar-refractivity contribution in [2.45, 2.75) is 13.5 Å². The Hall–Kier alpha value is -1.55. The molecule has 0 atom stereocenters. The van der Waals surface area contributed by atoms with Crippen LogP contribution in [0.5, 0.6) is 5.75 Å². The van der Waals surface area contributed by atoms with E-state index in [2.05, 4.69) is 15.9 Å². The Morgan fingerprint density at radius 3 is 2.72 bits per heavy atom. The predicted molar refractivity (Wildman–Crippen MR) is 74.0 cm³/mol. The van der Waals surface area contributed by atoms with Crippen molar-refractivity contribution in [2.75, 3.05) is 5.73 Å². The normalized spacial score (nSPS) is 10.4. The van der Waals surface area contributed by atoms with Gasteiger partial charge in [-0.15, -0.1) is 0 Å². The zero-order valence-electron chi connectivity index (χ0n) is 9.91. The first-order valence-corrected chi connectivity index (χ1v) is 6.28. The zero-order chi connectivity index (χ0) is 13.1. The summed E-state index contributed by atoms with van der Waals surface area (Å²) in [6.45, 7) is 2.29. The first-order valence-electron chi connectivity index (χ1n) is 5.49. The topological polar surface area (TPSA) is 35.2 Å². The average Bonchev–Trinajstić information content (AvgIpc) is 2.32. The maximum atomic E-state index is 12.9. The molecule has 18 heavy (non-hydrogen) atoms. The molecule has 0 heterocycles. The van der Waals surface area contributed by atoms with Gasteiger partial charge in [-0.2, -0.15) is 0 Å². The molecule has 0 aromatic heterocycles. The lowest BCUT2D eigenvalue weighted by Gasteiger charge is -2.11. The molecule has 0 aliphatic heterocycles. The van der Waals surface area contributed by atoms with Gasteiger partial charge in [-0.25, -0.2) is 4.39 Å². The summed E-state index contributed by atoms with van der Waals surface area (Å²) in [5, 5.41) is 0. The number of benzene rings is 2. The van der Waals surface area contributed by atoms with Gasteiger partial charge in [-0.3, -0.25) is 0 Å². The minimum Gasteiger partial charge on any atom is -0.489 e. The van der Waals surface area contributed by atoms with Crippen LogP contribution in [0.4, 0.5) is 10.1 Å². The Bertz CT molecular complexity index is 572. The highest BCUT2D eigenvalue weighted by atomic mass is 79.9. The van der Waals surface area contributed by atoms with Gasteiger partial charge in [0.1, 0.15) is 18.2 Å². The van der Waals surface area contributed by atoms with E-state index in [4.69, 9.17) is 10.5 Å². The van der Waals surface area contributed by atoms with Crippen LogP contribution < -0.4 is 10.5 Å². The van der Waals surface area contributed by atoms with Gasteiger partial charge in [-0.1, -0.05) is 28.1 Å². The van der Waals surface area contributed by atoms with Crippen LogP contribution in [0.1, 0.15) is 11.1 Å². The van der Waals surface area contributed by atoms with Gasteiger partial charge in [0.05, 0.1) is 0 Å². The van der Waals surface area contributed by atoms with Crippen molar-refractivity contribution in [3.63, 3.8) is 0 Å². The van der Waals surface area contributed by atoms with Gasteiger partial charge < -0.3 is 10.5 Å². The van der Waals surface area contributed by atoms with Crippen LogP contribution in [0.15, 0.2) is 40.9 Å². The second-order valence-corrected chi connectivity index (χ2v) is 4.96. The summed E-state index contributed by atoms with van der Waals surface area (Å²) in [5.74, 6) is 0.447. The van der Waals surface area contributed by atoms with Crippen LogP contribution in [-0.4, -0.2) is 0 Å². The van der Waals surface area contributed by atoms with E-state index < -0.39 is 0 Å². The number of aryl methyl sites for hydroxylation is 1.